The molecule has 0 aliphatic carbocycles. The lowest BCUT2D eigenvalue weighted by Crippen LogP contribution is -2.31. The Balaban J connectivity index is 2.13. The van der Waals surface area contributed by atoms with Gasteiger partial charge in [0, 0.05) is 12.6 Å². The molecule has 1 heterocycles. The Labute approximate surface area is 118 Å². The zero-order valence-corrected chi connectivity index (χ0v) is 11.9. The molecule has 0 amide bonds. The number of rotatable bonds is 5. The van der Waals surface area contributed by atoms with Crippen LogP contribution in [0.25, 0.3) is 0 Å². The Hall–Kier alpha value is -1.20. The Bertz CT molecular complexity index is 442. The Kier molecular flexibility index (Phi) is 4.94. The number of aliphatic hydroxyl groups is 1. The summed E-state index contributed by atoms with van der Waals surface area (Å²) in [4.78, 5) is 2.24. The van der Waals surface area contributed by atoms with Crippen molar-refractivity contribution in [1.82, 2.24) is 4.90 Å². The van der Waals surface area contributed by atoms with Gasteiger partial charge < -0.3 is 9.84 Å². The van der Waals surface area contributed by atoms with Gasteiger partial charge in [0.05, 0.1) is 6.61 Å². The summed E-state index contributed by atoms with van der Waals surface area (Å²) in [6.07, 6.45) is 2.11. The first-order chi connectivity index (χ1) is 9.51. The fourth-order valence-electron chi connectivity index (χ4n) is 2.95. The van der Waals surface area contributed by atoms with Crippen LogP contribution >= 0.6 is 0 Å². The molecule has 112 valence electrons. The quantitative estimate of drug-likeness (QED) is 0.903. The van der Waals surface area contributed by atoms with E-state index in [0.29, 0.717) is 0 Å². The molecule has 1 aliphatic rings. The molecule has 0 radical (unpaired) electrons. The third-order valence-electron chi connectivity index (χ3n) is 3.82. The van der Waals surface area contributed by atoms with Crippen molar-refractivity contribution >= 4 is 0 Å². The topological polar surface area (TPSA) is 32.7 Å². The van der Waals surface area contributed by atoms with E-state index in [1.807, 2.05) is 12.1 Å². The molecule has 1 aromatic rings. The van der Waals surface area contributed by atoms with E-state index in [9.17, 15) is 13.9 Å². The van der Waals surface area contributed by atoms with E-state index >= 15 is 0 Å². The van der Waals surface area contributed by atoms with E-state index in [2.05, 4.69) is 9.64 Å². The smallest absolute Gasteiger partial charge is 0.387 e. The summed E-state index contributed by atoms with van der Waals surface area (Å²) in [6, 6.07) is 3.99. The monoisotopic (exact) mass is 285 g/mol. The van der Waals surface area contributed by atoms with Gasteiger partial charge in [0.2, 0.25) is 0 Å². The maximum atomic E-state index is 12.3. The van der Waals surface area contributed by atoms with Crippen LogP contribution < -0.4 is 4.74 Å². The summed E-state index contributed by atoms with van der Waals surface area (Å²) in [5, 5.41) is 9.32. The van der Waals surface area contributed by atoms with E-state index < -0.39 is 6.61 Å². The fourth-order valence-corrected chi connectivity index (χ4v) is 2.95. The van der Waals surface area contributed by atoms with Gasteiger partial charge >= 0.3 is 6.61 Å². The molecule has 0 saturated carbocycles. The van der Waals surface area contributed by atoms with Gasteiger partial charge in [-0.3, -0.25) is 4.90 Å². The molecule has 3 nitrogen and oxygen atoms in total. The number of benzene rings is 1. The number of nitrogens with zero attached hydrogens (tertiary/aromatic N) is 1. The molecule has 1 saturated heterocycles. The highest BCUT2D eigenvalue weighted by Gasteiger charge is 2.24. The van der Waals surface area contributed by atoms with Crippen LogP contribution in [0.1, 0.15) is 29.5 Å². The van der Waals surface area contributed by atoms with E-state index in [1.54, 1.807) is 13.8 Å². The van der Waals surface area contributed by atoms with Crippen LogP contribution in [0.4, 0.5) is 8.78 Å². The first kappa shape index (κ1) is 15.2. The molecular formula is C15H21F2NO2. The number of hydrogen-bond acceptors (Lipinski definition) is 3. The van der Waals surface area contributed by atoms with Crippen molar-refractivity contribution in [2.45, 2.75) is 45.9 Å². The number of halogens is 2. The molecule has 2 rings (SSSR count). The van der Waals surface area contributed by atoms with E-state index in [4.69, 9.17) is 0 Å². The molecule has 0 unspecified atom stereocenters. The minimum Gasteiger partial charge on any atom is -0.434 e. The maximum Gasteiger partial charge on any atom is 0.387 e. The minimum atomic E-state index is -2.80. The molecule has 0 spiro atoms. The molecule has 0 bridgehead atoms. The van der Waals surface area contributed by atoms with Crippen molar-refractivity contribution in [3.63, 3.8) is 0 Å². The fraction of sp³-hybridized carbons (Fsp3) is 0.600. The summed E-state index contributed by atoms with van der Waals surface area (Å²) in [6.45, 7) is 2.64. The molecule has 0 aromatic heterocycles. The Morgan fingerprint density at radius 3 is 2.55 bits per heavy atom. The van der Waals surface area contributed by atoms with Crippen molar-refractivity contribution in [3.05, 3.63) is 28.8 Å². The first-order valence-corrected chi connectivity index (χ1v) is 6.91. The highest BCUT2D eigenvalue weighted by Crippen LogP contribution is 2.28. The minimum absolute atomic E-state index is 0.171. The van der Waals surface area contributed by atoms with Crippen molar-refractivity contribution in [1.29, 1.82) is 0 Å². The van der Waals surface area contributed by atoms with Crippen molar-refractivity contribution in [2.75, 3.05) is 13.2 Å². The normalized spacial score (nSPS) is 19.8. The van der Waals surface area contributed by atoms with Crippen LogP contribution in [0, 0.1) is 13.8 Å². The summed E-state index contributed by atoms with van der Waals surface area (Å²) in [7, 11) is 0. The van der Waals surface area contributed by atoms with E-state index in [0.717, 1.165) is 42.6 Å². The van der Waals surface area contributed by atoms with E-state index in [1.165, 1.54) is 0 Å². The zero-order valence-electron chi connectivity index (χ0n) is 11.9. The molecule has 5 heteroatoms. The molecule has 1 N–H and O–H groups in total. The van der Waals surface area contributed by atoms with Crippen LogP contribution in [-0.4, -0.2) is 35.8 Å². The summed E-state index contributed by atoms with van der Waals surface area (Å²) >= 11 is 0. The molecule has 1 aromatic carbocycles. The lowest BCUT2D eigenvalue weighted by Gasteiger charge is -2.23. The maximum absolute atomic E-state index is 12.3. The lowest BCUT2D eigenvalue weighted by molar-refractivity contribution is -0.0507. The summed E-state index contributed by atoms with van der Waals surface area (Å²) < 4.78 is 29.3. The molecule has 1 aliphatic heterocycles. The Morgan fingerprint density at radius 2 is 2.00 bits per heavy atom. The third-order valence-corrected chi connectivity index (χ3v) is 3.82. The third kappa shape index (κ3) is 3.46. The van der Waals surface area contributed by atoms with Crippen molar-refractivity contribution < 1.29 is 18.6 Å². The van der Waals surface area contributed by atoms with Gasteiger partial charge in [0.15, 0.2) is 0 Å². The van der Waals surface area contributed by atoms with Gasteiger partial charge in [-0.2, -0.15) is 8.78 Å². The SMILES string of the molecule is Cc1cc(CN2CCC[C@H]2CO)cc(C)c1OC(F)F. The van der Waals surface area contributed by atoms with Gasteiger partial charge in [0.1, 0.15) is 5.75 Å². The predicted molar refractivity (Wildman–Crippen MR) is 73.1 cm³/mol. The van der Waals surface area contributed by atoms with Gasteiger partial charge in [-0.25, -0.2) is 0 Å². The lowest BCUT2D eigenvalue weighted by atomic mass is 10.0. The number of alkyl halides is 2. The number of likely N-dealkylation sites (tertiary alicyclic amines) is 1. The highest BCUT2D eigenvalue weighted by molar-refractivity contribution is 5.43. The second-order valence-corrected chi connectivity index (χ2v) is 5.39. The van der Waals surface area contributed by atoms with Crippen molar-refractivity contribution in [3.8, 4) is 5.75 Å². The largest absolute Gasteiger partial charge is 0.434 e. The predicted octanol–water partition coefficient (Wildman–Crippen LogP) is 2.86. The van der Waals surface area contributed by atoms with Crippen LogP contribution in [0.2, 0.25) is 0 Å². The van der Waals surface area contributed by atoms with Gasteiger partial charge in [0.25, 0.3) is 0 Å². The second-order valence-electron chi connectivity index (χ2n) is 5.39. The standard InChI is InChI=1S/C15H21F2NO2/c1-10-6-12(7-11(2)14(10)20-15(16)17)8-18-5-3-4-13(18)9-19/h6-7,13,15,19H,3-5,8-9H2,1-2H3/t13-/m0/s1. The number of aliphatic hydroxyl groups excluding tert-OH is 1. The van der Waals surface area contributed by atoms with Crippen molar-refractivity contribution in [2.24, 2.45) is 0 Å². The average Bonchev–Trinajstić information content (AvgIpc) is 2.81. The van der Waals surface area contributed by atoms with Gasteiger partial charge in [-0.1, -0.05) is 12.1 Å². The number of aryl methyl sites for hydroxylation is 2. The Morgan fingerprint density at radius 1 is 1.35 bits per heavy atom. The highest BCUT2D eigenvalue weighted by atomic mass is 19.3. The van der Waals surface area contributed by atoms with Gasteiger partial charge in [-0.15, -0.1) is 0 Å². The molecule has 20 heavy (non-hydrogen) atoms. The van der Waals surface area contributed by atoms with Crippen LogP contribution in [-0.2, 0) is 6.54 Å². The molecule has 1 fully saturated rings. The first-order valence-electron chi connectivity index (χ1n) is 6.91. The van der Waals surface area contributed by atoms with E-state index in [-0.39, 0.29) is 18.4 Å². The van der Waals surface area contributed by atoms with Crippen LogP contribution in [0.5, 0.6) is 5.75 Å². The molecule has 1 atom stereocenters. The van der Waals surface area contributed by atoms with Gasteiger partial charge in [-0.05, 0) is 49.9 Å². The van der Waals surface area contributed by atoms with Crippen LogP contribution in [0.3, 0.4) is 0 Å². The zero-order chi connectivity index (χ0) is 14.7. The number of ether oxygens (including phenoxy) is 1. The summed E-state index contributed by atoms with van der Waals surface area (Å²) in [5.41, 5.74) is 2.52. The summed E-state index contributed by atoms with van der Waals surface area (Å²) in [5.74, 6) is 0.267. The molecular weight excluding hydrogens is 264 g/mol. The van der Waals surface area contributed by atoms with Crippen LogP contribution in [0.15, 0.2) is 12.1 Å². The number of hydrogen-bond donors (Lipinski definition) is 1. The second kappa shape index (κ2) is 6.50. The average molecular weight is 285 g/mol.